The van der Waals surface area contributed by atoms with Gasteiger partial charge in [-0.2, -0.15) is 0 Å². The zero-order chi connectivity index (χ0) is 13.9. The number of amides is 1. The van der Waals surface area contributed by atoms with Crippen molar-refractivity contribution >= 4 is 11.7 Å². The van der Waals surface area contributed by atoms with Gasteiger partial charge in [0.1, 0.15) is 5.78 Å². The summed E-state index contributed by atoms with van der Waals surface area (Å²) in [6.45, 7) is 0. The first-order valence-corrected chi connectivity index (χ1v) is 6.98. The van der Waals surface area contributed by atoms with Crippen LogP contribution in [0.15, 0.2) is 30.3 Å². The second kappa shape index (κ2) is 9.31. The van der Waals surface area contributed by atoms with Gasteiger partial charge in [-0.25, -0.2) is 0 Å². The van der Waals surface area contributed by atoms with Crippen LogP contribution in [0.25, 0.3) is 0 Å². The molecule has 0 aliphatic carbocycles. The molecule has 3 nitrogen and oxygen atoms in total. The number of carbonyl (C=O) groups excluding carboxylic acids is 2. The Balaban J connectivity index is 2.03. The number of hydrogen-bond acceptors (Lipinski definition) is 2. The lowest BCUT2D eigenvalue weighted by molar-refractivity contribution is -0.121. The molecule has 1 N–H and O–H groups in total. The van der Waals surface area contributed by atoms with Crippen LogP contribution in [0.1, 0.15) is 44.1 Å². The van der Waals surface area contributed by atoms with E-state index in [2.05, 4.69) is 5.32 Å². The van der Waals surface area contributed by atoms with E-state index in [9.17, 15) is 9.59 Å². The Morgan fingerprint density at radius 1 is 0.947 bits per heavy atom. The minimum atomic E-state index is 0.0974. The Labute approximate surface area is 115 Å². The molecule has 0 aliphatic heterocycles. The van der Waals surface area contributed by atoms with Gasteiger partial charge in [-0.3, -0.25) is 9.59 Å². The largest absolute Gasteiger partial charge is 0.359 e. The van der Waals surface area contributed by atoms with Gasteiger partial charge in [0, 0.05) is 26.3 Å². The van der Waals surface area contributed by atoms with Crippen molar-refractivity contribution in [2.45, 2.75) is 44.9 Å². The quantitative estimate of drug-likeness (QED) is 0.695. The predicted octanol–water partition coefficient (Wildman–Crippen LogP) is 2.88. The van der Waals surface area contributed by atoms with Gasteiger partial charge in [-0.05, 0) is 18.4 Å². The van der Waals surface area contributed by atoms with Crippen molar-refractivity contribution in [3.8, 4) is 0 Å². The van der Waals surface area contributed by atoms with E-state index in [1.807, 2.05) is 30.3 Å². The molecule has 0 spiro atoms. The van der Waals surface area contributed by atoms with Crippen molar-refractivity contribution in [3.63, 3.8) is 0 Å². The second-order valence-corrected chi connectivity index (χ2v) is 4.79. The summed E-state index contributed by atoms with van der Waals surface area (Å²) in [5, 5.41) is 2.61. The standard InChI is InChI=1S/C16H23NO2/c1-17-16(19)12-8-3-2-7-11-15(18)13-14-9-5-4-6-10-14/h4-6,9-10H,2-3,7-8,11-13H2,1H3,(H,17,19). The average molecular weight is 261 g/mol. The first kappa shape index (κ1) is 15.4. The third-order valence-corrected chi connectivity index (χ3v) is 3.13. The third kappa shape index (κ3) is 7.39. The van der Waals surface area contributed by atoms with Gasteiger partial charge < -0.3 is 5.32 Å². The summed E-state index contributed by atoms with van der Waals surface area (Å²) in [5.74, 6) is 0.401. The van der Waals surface area contributed by atoms with Crippen LogP contribution in [0, 0.1) is 0 Å². The van der Waals surface area contributed by atoms with Gasteiger partial charge in [0.05, 0.1) is 0 Å². The molecule has 0 unspecified atom stereocenters. The zero-order valence-electron chi connectivity index (χ0n) is 11.7. The maximum absolute atomic E-state index is 11.7. The molecule has 1 amide bonds. The first-order valence-electron chi connectivity index (χ1n) is 6.98. The molecular weight excluding hydrogens is 238 g/mol. The van der Waals surface area contributed by atoms with Crippen LogP contribution in [0.3, 0.4) is 0 Å². The van der Waals surface area contributed by atoms with Gasteiger partial charge >= 0.3 is 0 Å². The Hall–Kier alpha value is -1.64. The SMILES string of the molecule is CNC(=O)CCCCCCC(=O)Cc1ccccc1. The molecule has 0 saturated carbocycles. The van der Waals surface area contributed by atoms with Crippen LogP contribution in [0.2, 0.25) is 0 Å². The van der Waals surface area contributed by atoms with Crippen LogP contribution >= 0.6 is 0 Å². The molecule has 0 saturated heterocycles. The van der Waals surface area contributed by atoms with E-state index in [0.29, 0.717) is 25.0 Å². The monoisotopic (exact) mass is 261 g/mol. The zero-order valence-corrected chi connectivity index (χ0v) is 11.7. The van der Waals surface area contributed by atoms with Crippen molar-refractivity contribution in [2.75, 3.05) is 7.05 Å². The number of carbonyl (C=O) groups is 2. The van der Waals surface area contributed by atoms with Gasteiger partial charge in [0.2, 0.25) is 5.91 Å². The van der Waals surface area contributed by atoms with Gasteiger partial charge in [0.15, 0.2) is 0 Å². The predicted molar refractivity (Wildman–Crippen MR) is 76.9 cm³/mol. The molecule has 0 aliphatic rings. The van der Waals surface area contributed by atoms with Crippen molar-refractivity contribution in [1.29, 1.82) is 0 Å². The van der Waals surface area contributed by atoms with Gasteiger partial charge in [-0.15, -0.1) is 0 Å². The number of Topliss-reactive ketones (excluding diaryl/α,β-unsaturated/α-hetero) is 1. The normalized spacial score (nSPS) is 10.2. The van der Waals surface area contributed by atoms with E-state index in [1.54, 1.807) is 7.05 Å². The number of hydrogen-bond donors (Lipinski definition) is 1. The molecule has 0 bridgehead atoms. The molecule has 0 fully saturated rings. The van der Waals surface area contributed by atoms with Crippen LogP contribution in [-0.4, -0.2) is 18.7 Å². The first-order chi connectivity index (χ1) is 9.22. The van der Waals surface area contributed by atoms with Gasteiger partial charge in [-0.1, -0.05) is 43.2 Å². The van der Waals surface area contributed by atoms with Crippen molar-refractivity contribution in [2.24, 2.45) is 0 Å². The van der Waals surface area contributed by atoms with Crippen molar-refractivity contribution in [3.05, 3.63) is 35.9 Å². The number of rotatable bonds is 9. The Kier molecular flexibility index (Phi) is 7.56. The highest BCUT2D eigenvalue weighted by molar-refractivity contribution is 5.80. The summed E-state index contributed by atoms with van der Waals surface area (Å²) in [6.07, 6.45) is 5.66. The molecule has 1 rings (SSSR count). The smallest absolute Gasteiger partial charge is 0.219 e. The summed E-state index contributed by atoms with van der Waals surface area (Å²) in [6, 6.07) is 9.85. The summed E-state index contributed by atoms with van der Waals surface area (Å²) >= 11 is 0. The minimum absolute atomic E-state index is 0.0974. The lowest BCUT2D eigenvalue weighted by atomic mass is 10.0. The highest BCUT2D eigenvalue weighted by Crippen LogP contribution is 2.08. The molecule has 0 heterocycles. The summed E-state index contributed by atoms with van der Waals surface area (Å²) < 4.78 is 0. The molecule has 0 radical (unpaired) electrons. The van der Waals surface area contributed by atoms with E-state index in [4.69, 9.17) is 0 Å². The number of ketones is 1. The fourth-order valence-corrected chi connectivity index (χ4v) is 2.00. The number of benzene rings is 1. The topological polar surface area (TPSA) is 46.2 Å². The summed E-state index contributed by atoms with van der Waals surface area (Å²) in [7, 11) is 1.66. The Bertz CT molecular complexity index is 387. The third-order valence-electron chi connectivity index (χ3n) is 3.13. The summed E-state index contributed by atoms with van der Waals surface area (Å²) in [4.78, 5) is 22.7. The Morgan fingerprint density at radius 3 is 2.21 bits per heavy atom. The average Bonchev–Trinajstić information content (AvgIpc) is 2.43. The van der Waals surface area contributed by atoms with E-state index < -0.39 is 0 Å². The van der Waals surface area contributed by atoms with E-state index in [-0.39, 0.29) is 5.91 Å². The van der Waals surface area contributed by atoms with Crippen molar-refractivity contribution in [1.82, 2.24) is 5.32 Å². The molecule has 3 heteroatoms. The molecule has 0 aromatic heterocycles. The fourth-order valence-electron chi connectivity index (χ4n) is 2.00. The molecule has 0 atom stereocenters. The highest BCUT2D eigenvalue weighted by Gasteiger charge is 2.03. The number of unbranched alkanes of at least 4 members (excludes halogenated alkanes) is 3. The number of nitrogens with one attached hydrogen (secondary N) is 1. The van der Waals surface area contributed by atoms with Crippen LogP contribution < -0.4 is 5.32 Å². The lowest BCUT2D eigenvalue weighted by Crippen LogP contribution is -2.16. The highest BCUT2D eigenvalue weighted by atomic mass is 16.1. The van der Waals surface area contributed by atoms with Crippen LogP contribution in [-0.2, 0) is 16.0 Å². The fraction of sp³-hybridized carbons (Fsp3) is 0.500. The maximum Gasteiger partial charge on any atom is 0.219 e. The van der Waals surface area contributed by atoms with Crippen molar-refractivity contribution < 1.29 is 9.59 Å². The lowest BCUT2D eigenvalue weighted by Gasteiger charge is -2.02. The Morgan fingerprint density at radius 2 is 1.58 bits per heavy atom. The molecule has 1 aromatic carbocycles. The van der Waals surface area contributed by atoms with Gasteiger partial charge in [0.25, 0.3) is 0 Å². The molecule has 104 valence electrons. The van der Waals surface area contributed by atoms with Crippen LogP contribution in [0.4, 0.5) is 0 Å². The van der Waals surface area contributed by atoms with E-state index in [1.165, 1.54) is 0 Å². The minimum Gasteiger partial charge on any atom is -0.359 e. The van der Waals surface area contributed by atoms with E-state index in [0.717, 1.165) is 31.2 Å². The van der Waals surface area contributed by atoms with Crippen LogP contribution in [0.5, 0.6) is 0 Å². The second-order valence-electron chi connectivity index (χ2n) is 4.79. The molecular formula is C16H23NO2. The molecule has 1 aromatic rings. The molecule has 19 heavy (non-hydrogen) atoms. The van der Waals surface area contributed by atoms with E-state index >= 15 is 0 Å². The maximum atomic E-state index is 11.7. The summed E-state index contributed by atoms with van der Waals surface area (Å²) in [5.41, 5.74) is 1.09.